The van der Waals surface area contributed by atoms with Crippen LogP contribution in [0.3, 0.4) is 0 Å². The van der Waals surface area contributed by atoms with Gasteiger partial charge in [0.25, 0.3) is 5.91 Å². The first-order valence-electron chi connectivity index (χ1n) is 11.3. The summed E-state index contributed by atoms with van der Waals surface area (Å²) in [6.07, 6.45) is -7.53. The van der Waals surface area contributed by atoms with Gasteiger partial charge in [-0.15, -0.1) is 0 Å². The molecule has 0 atom stereocenters. The van der Waals surface area contributed by atoms with Gasteiger partial charge in [0.05, 0.1) is 11.1 Å². The molecular weight excluding hydrogens is 480 g/mol. The van der Waals surface area contributed by atoms with Crippen LogP contribution in [0, 0.1) is 5.92 Å². The topological polar surface area (TPSA) is 79.5 Å². The molecule has 1 aliphatic rings. The Labute approximate surface area is 200 Å². The van der Waals surface area contributed by atoms with Gasteiger partial charge in [0.2, 0.25) is 0 Å². The first kappa shape index (κ1) is 28.7. The smallest absolute Gasteiger partial charge is 0.416 e. The lowest BCUT2D eigenvalue weighted by Gasteiger charge is -2.29. The minimum Gasteiger partial charge on any atom is -0.448 e. The second kappa shape index (κ2) is 11.5. The van der Waals surface area contributed by atoms with Crippen LogP contribution in [0.15, 0.2) is 18.2 Å². The minimum atomic E-state index is -5.01. The van der Waals surface area contributed by atoms with E-state index in [4.69, 9.17) is 4.74 Å². The largest absolute Gasteiger partial charge is 0.448 e. The van der Waals surface area contributed by atoms with Crippen molar-refractivity contribution in [1.82, 2.24) is 16.0 Å². The number of alkyl halides is 6. The third-order valence-corrected chi connectivity index (χ3v) is 5.49. The van der Waals surface area contributed by atoms with Crippen LogP contribution in [0.25, 0.3) is 0 Å². The second-order valence-electron chi connectivity index (χ2n) is 9.69. The van der Waals surface area contributed by atoms with E-state index >= 15 is 0 Å². The van der Waals surface area contributed by atoms with Gasteiger partial charge in [0.15, 0.2) is 0 Å². The second-order valence-corrected chi connectivity index (χ2v) is 9.69. The molecule has 0 saturated heterocycles. The Balaban J connectivity index is 1.78. The van der Waals surface area contributed by atoms with Gasteiger partial charge in [-0.3, -0.25) is 4.79 Å². The van der Waals surface area contributed by atoms with E-state index in [-0.39, 0.29) is 36.7 Å². The number of ether oxygens (including phenoxy) is 1. The van der Waals surface area contributed by atoms with Crippen LogP contribution in [0.1, 0.15) is 67.9 Å². The molecule has 1 aromatic rings. The Kier molecular flexibility index (Phi) is 9.43. The fraction of sp³-hybridized carbons (Fsp3) is 0.652. The summed E-state index contributed by atoms with van der Waals surface area (Å²) in [5.41, 5.74) is -4.12. The van der Waals surface area contributed by atoms with Gasteiger partial charge in [-0.05, 0) is 70.6 Å². The molecule has 2 rings (SSSR count). The predicted molar refractivity (Wildman–Crippen MR) is 117 cm³/mol. The number of hydrogen-bond donors (Lipinski definition) is 3. The van der Waals surface area contributed by atoms with E-state index in [9.17, 15) is 35.9 Å². The zero-order valence-corrected chi connectivity index (χ0v) is 19.8. The van der Waals surface area contributed by atoms with E-state index in [0.717, 1.165) is 25.7 Å². The van der Waals surface area contributed by atoms with E-state index < -0.39 is 41.0 Å². The van der Waals surface area contributed by atoms with Crippen molar-refractivity contribution in [3.63, 3.8) is 0 Å². The fourth-order valence-corrected chi connectivity index (χ4v) is 3.74. The summed E-state index contributed by atoms with van der Waals surface area (Å²) >= 11 is 0. The van der Waals surface area contributed by atoms with E-state index in [0.29, 0.717) is 18.7 Å². The highest BCUT2D eigenvalue weighted by atomic mass is 19.4. The van der Waals surface area contributed by atoms with Crippen molar-refractivity contribution in [2.45, 2.75) is 70.4 Å². The predicted octanol–water partition coefficient (Wildman–Crippen LogP) is 5.13. The van der Waals surface area contributed by atoms with Gasteiger partial charge >= 0.3 is 18.4 Å². The summed E-state index contributed by atoms with van der Waals surface area (Å²) in [6, 6.07) is 1.03. The molecule has 1 fully saturated rings. The summed E-state index contributed by atoms with van der Waals surface area (Å²) in [4.78, 5) is 23.9. The molecule has 1 aliphatic carbocycles. The van der Waals surface area contributed by atoms with Crippen molar-refractivity contribution in [3.05, 3.63) is 34.9 Å². The van der Waals surface area contributed by atoms with Crippen molar-refractivity contribution in [3.8, 4) is 0 Å². The molecule has 0 radical (unpaired) electrons. The Hall–Kier alpha value is -2.50. The molecule has 198 valence electrons. The van der Waals surface area contributed by atoms with Crippen molar-refractivity contribution >= 4 is 12.0 Å². The van der Waals surface area contributed by atoms with Gasteiger partial charge in [0.1, 0.15) is 6.61 Å². The lowest BCUT2D eigenvalue weighted by molar-refractivity contribution is -0.143. The van der Waals surface area contributed by atoms with E-state index in [1.807, 2.05) is 20.8 Å². The Morgan fingerprint density at radius 3 is 1.94 bits per heavy atom. The van der Waals surface area contributed by atoms with Gasteiger partial charge < -0.3 is 20.7 Å². The molecule has 0 bridgehead atoms. The SMILES string of the molecule is CC(C)(C)NC(=O)OCCNC1CCC(CNC(=O)c2cc(C(F)(F)F)cc(C(F)(F)F)c2)CC1. The van der Waals surface area contributed by atoms with Crippen LogP contribution in [-0.4, -0.2) is 43.3 Å². The van der Waals surface area contributed by atoms with Crippen LogP contribution in [0.4, 0.5) is 31.1 Å². The lowest BCUT2D eigenvalue weighted by Crippen LogP contribution is -2.42. The number of alkyl carbamates (subject to hydrolysis) is 1. The van der Waals surface area contributed by atoms with Gasteiger partial charge in [-0.2, -0.15) is 26.3 Å². The molecule has 0 aromatic heterocycles. The Bertz CT molecular complexity index is 840. The van der Waals surface area contributed by atoms with Gasteiger partial charge in [0, 0.05) is 30.2 Å². The zero-order valence-electron chi connectivity index (χ0n) is 19.8. The molecule has 35 heavy (non-hydrogen) atoms. The number of benzene rings is 1. The number of carbonyl (C=O) groups is 2. The molecule has 0 heterocycles. The van der Waals surface area contributed by atoms with Crippen LogP contribution in [-0.2, 0) is 17.1 Å². The number of amides is 2. The maximum Gasteiger partial charge on any atom is 0.416 e. The molecule has 0 spiro atoms. The normalized spacial score (nSPS) is 19.2. The molecule has 1 saturated carbocycles. The number of hydrogen-bond acceptors (Lipinski definition) is 4. The van der Waals surface area contributed by atoms with Crippen LogP contribution >= 0.6 is 0 Å². The van der Waals surface area contributed by atoms with Crippen LogP contribution in [0.2, 0.25) is 0 Å². The summed E-state index contributed by atoms with van der Waals surface area (Å²) in [6.45, 7) is 6.35. The molecule has 2 amide bonds. The number of carbonyl (C=O) groups excluding carboxylic acids is 2. The Morgan fingerprint density at radius 2 is 1.46 bits per heavy atom. The Morgan fingerprint density at radius 1 is 0.914 bits per heavy atom. The number of halogens is 6. The molecule has 6 nitrogen and oxygen atoms in total. The molecular formula is C23H31F6N3O3. The third kappa shape index (κ3) is 9.95. The first-order chi connectivity index (χ1) is 16.0. The zero-order chi connectivity index (χ0) is 26.4. The van der Waals surface area contributed by atoms with E-state index in [2.05, 4.69) is 16.0 Å². The number of rotatable bonds is 7. The third-order valence-electron chi connectivity index (χ3n) is 5.49. The number of nitrogens with one attached hydrogen (secondary N) is 3. The van der Waals surface area contributed by atoms with Gasteiger partial charge in [-0.25, -0.2) is 4.79 Å². The standard InChI is InChI=1S/C23H31F6N3O3/c1-21(2,3)32-20(34)35-9-8-30-18-6-4-14(5-7-18)13-31-19(33)15-10-16(22(24,25)26)12-17(11-15)23(27,28)29/h10-12,14,18,30H,4-9,13H2,1-3H3,(H,31,33)(H,32,34). The van der Waals surface area contributed by atoms with Crippen LogP contribution < -0.4 is 16.0 Å². The van der Waals surface area contributed by atoms with E-state index in [1.165, 1.54) is 0 Å². The first-order valence-corrected chi connectivity index (χ1v) is 11.3. The summed E-state index contributed by atoms with van der Waals surface area (Å²) in [7, 11) is 0. The van der Waals surface area contributed by atoms with Gasteiger partial charge in [-0.1, -0.05) is 0 Å². The highest BCUT2D eigenvalue weighted by Crippen LogP contribution is 2.36. The summed E-state index contributed by atoms with van der Waals surface area (Å²) < 4.78 is 83.1. The highest BCUT2D eigenvalue weighted by Gasteiger charge is 2.37. The minimum absolute atomic E-state index is 0.00685. The van der Waals surface area contributed by atoms with E-state index in [1.54, 1.807) is 0 Å². The van der Waals surface area contributed by atoms with Crippen molar-refractivity contribution in [2.75, 3.05) is 19.7 Å². The summed E-state index contributed by atoms with van der Waals surface area (Å²) in [5.74, 6) is -0.925. The fourth-order valence-electron chi connectivity index (χ4n) is 3.74. The maximum absolute atomic E-state index is 13.0. The molecule has 12 heteroatoms. The molecule has 1 aromatic carbocycles. The molecule has 0 unspecified atom stereocenters. The summed E-state index contributed by atoms with van der Waals surface area (Å²) in [5, 5.41) is 8.44. The molecule has 3 N–H and O–H groups in total. The average molecular weight is 512 g/mol. The lowest BCUT2D eigenvalue weighted by atomic mass is 9.86. The molecule has 0 aliphatic heterocycles. The maximum atomic E-state index is 13.0. The van der Waals surface area contributed by atoms with Crippen LogP contribution in [0.5, 0.6) is 0 Å². The average Bonchev–Trinajstić information content (AvgIpc) is 2.73. The quantitative estimate of drug-likeness (QED) is 0.351. The van der Waals surface area contributed by atoms with Crippen molar-refractivity contribution in [2.24, 2.45) is 5.92 Å². The highest BCUT2D eigenvalue weighted by molar-refractivity contribution is 5.94. The monoisotopic (exact) mass is 511 g/mol. The van der Waals surface area contributed by atoms with Crippen molar-refractivity contribution < 1.29 is 40.7 Å². The van der Waals surface area contributed by atoms with Crippen molar-refractivity contribution in [1.29, 1.82) is 0 Å².